The minimum absolute atomic E-state index is 0.196. The van der Waals surface area contributed by atoms with Crippen molar-refractivity contribution in [3.8, 4) is 0 Å². The fourth-order valence-corrected chi connectivity index (χ4v) is 3.53. The van der Waals surface area contributed by atoms with E-state index in [1.165, 1.54) is 0 Å². The van der Waals surface area contributed by atoms with Crippen LogP contribution in [0.15, 0.2) is 79.0 Å². The molecule has 0 aliphatic carbocycles. The Morgan fingerprint density at radius 3 is 2.58 bits per heavy atom. The molecule has 31 heavy (non-hydrogen) atoms. The van der Waals surface area contributed by atoms with E-state index in [1.54, 1.807) is 30.5 Å². The molecule has 6 heteroatoms. The van der Waals surface area contributed by atoms with Gasteiger partial charge in [-0.05, 0) is 59.2 Å². The van der Waals surface area contributed by atoms with Crippen LogP contribution < -0.4 is 10.6 Å². The maximum Gasteiger partial charge on any atom is 0.256 e. The number of nitrogens with one attached hydrogen (secondary N) is 2. The number of hydrogen-bond donors (Lipinski definition) is 2. The van der Waals surface area contributed by atoms with Crippen molar-refractivity contribution in [3.05, 3.63) is 101 Å². The minimum Gasteiger partial charge on any atom is -0.324 e. The number of fused-ring (bicyclic) bond motifs is 1. The highest BCUT2D eigenvalue weighted by Crippen LogP contribution is 2.25. The van der Waals surface area contributed by atoms with Crippen LogP contribution in [0.2, 0.25) is 5.02 Å². The number of aryl methyl sites for hydroxylation is 1. The van der Waals surface area contributed by atoms with Crippen LogP contribution >= 0.6 is 11.6 Å². The van der Waals surface area contributed by atoms with Crippen LogP contribution in [0.4, 0.5) is 11.5 Å². The number of carbonyl (C=O) groups excluding carboxylic acids is 2. The topological polar surface area (TPSA) is 71.1 Å². The monoisotopic (exact) mass is 429 g/mol. The molecule has 4 rings (SSSR count). The van der Waals surface area contributed by atoms with Gasteiger partial charge in [0, 0.05) is 11.8 Å². The van der Waals surface area contributed by atoms with Crippen molar-refractivity contribution in [1.82, 2.24) is 4.98 Å². The van der Waals surface area contributed by atoms with Gasteiger partial charge in [0.15, 0.2) is 0 Å². The SMILES string of the molecule is Cc1ccnc(NC(=O)c2ccc(Cl)c(NC(=O)Cc3cccc4ccccc34)c2)c1. The molecule has 0 radical (unpaired) electrons. The quantitative estimate of drug-likeness (QED) is 0.432. The van der Waals surface area contributed by atoms with Gasteiger partial charge < -0.3 is 10.6 Å². The Hall–Kier alpha value is -3.70. The van der Waals surface area contributed by atoms with Gasteiger partial charge in [-0.2, -0.15) is 0 Å². The lowest BCUT2D eigenvalue weighted by Crippen LogP contribution is -2.17. The predicted octanol–water partition coefficient (Wildman–Crippen LogP) is 5.63. The van der Waals surface area contributed by atoms with Crippen molar-refractivity contribution in [2.24, 2.45) is 0 Å². The van der Waals surface area contributed by atoms with Gasteiger partial charge in [-0.1, -0.05) is 54.1 Å². The van der Waals surface area contributed by atoms with Gasteiger partial charge >= 0.3 is 0 Å². The lowest BCUT2D eigenvalue weighted by molar-refractivity contribution is -0.115. The smallest absolute Gasteiger partial charge is 0.256 e. The number of hydrogen-bond acceptors (Lipinski definition) is 3. The van der Waals surface area contributed by atoms with E-state index in [0.717, 1.165) is 21.9 Å². The van der Waals surface area contributed by atoms with Crippen molar-refractivity contribution < 1.29 is 9.59 Å². The number of nitrogens with zero attached hydrogens (tertiary/aromatic N) is 1. The van der Waals surface area contributed by atoms with Gasteiger partial charge in [0.25, 0.3) is 5.91 Å². The number of benzene rings is 3. The molecule has 1 aromatic heterocycles. The fraction of sp³-hybridized carbons (Fsp3) is 0.0800. The molecule has 5 nitrogen and oxygen atoms in total. The predicted molar refractivity (Wildman–Crippen MR) is 125 cm³/mol. The molecule has 0 aliphatic heterocycles. The summed E-state index contributed by atoms with van der Waals surface area (Å²) in [5.74, 6) is -0.0861. The van der Waals surface area contributed by atoms with Gasteiger partial charge in [-0.3, -0.25) is 9.59 Å². The number of amides is 2. The molecule has 154 valence electrons. The molecule has 0 spiro atoms. The van der Waals surface area contributed by atoms with Crippen LogP contribution in [-0.2, 0) is 11.2 Å². The number of aromatic nitrogens is 1. The largest absolute Gasteiger partial charge is 0.324 e. The van der Waals surface area contributed by atoms with Crippen molar-refractivity contribution >= 4 is 45.7 Å². The van der Waals surface area contributed by atoms with E-state index in [2.05, 4.69) is 15.6 Å². The van der Waals surface area contributed by atoms with Crippen molar-refractivity contribution in [1.29, 1.82) is 0 Å². The zero-order valence-electron chi connectivity index (χ0n) is 16.9. The van der Waals surface area contributed by atoms with Gasteiger partial charge in [-0.25, -0.2) is 4.98 Å². The summed E-state index contributed by atoms with van der Waals surface area (Å²) >= 11 is 6.27. The summed E-state index contributed by atoms with van der Waals surface area (Å²) in [7, 11) is 0. The van der Waals surface area contributed by atoms with Crippen LogP contribution in [-0.4, -0.2) is 16.8 Å². The van der Waals surface area contributed by atoms with Gasteiger partial charge in [0.2, 0.25) is 5.91 Å². The highest BCUT2D eigenvalue weighted by atomic mass is 35.5. The summed E-state index contributed by atoms with van der Waals surface area (Å²) in [4.78, 5) is 29.4. The molecular formula is C25H20ClN3O2. The number of rotatable bonds is 5. The molecule has 0 atom stereocenters. The summed E-state index contributed by atoms with van der Waals surface area (Å²) in [6.07, 6.45) is 1.83. The lowest BCUT2D eigenvalue weighted by atomic mass is 10.0. The molecule has 4 aromatic rings. The van der Waals surface area contributed by atoms with E-state index >= 15 is 0 Å². The second kappa shape index (κ2) is 8.98. The van der Waals surface area contributed by atoms with Crippen LogP contribution in [0.3, 0.4) is 0 Å². The van der Waals surface area contributed by atoms with Crippen LogP contribution in [0.25, 0.3) is 10.8 Å². The van der Waals surface area contributed by atoms with Crippen LogP contribution in [0, 0.1) is 6.92 Å². The molecule has 3 aromatic carbocycles. The maximum atomic E-state index is 12.7. The first kappa shape index (κ1) is 20.6. The highest BCUT2D eigenvalue weighted by molar-refractivity contribution is 6.34. The third-order valence-corrected chi connectivity index (χ3v) is 5.22. The van der Waals surface area contributed by atoms with E-state index in [-0.39, 0.29) is 18.2 Å². The van der Waals surface area contributed by atoms with E-state index in [1.807, 2.05) is 55.5 Å². The Balaban J connectivity index is 1.50. The van der Waals surface area contributed by atoms with Crippen molar-refractivity contribution in [2.45, 2.75) is 13.3 Å². The molecule has 0 saturated heterocycles. The average Bonchev–Trinajstić information content (AvgIpc) is 2.75. The van der Waals surface area contributed by atoms with Gasteiger partial charge in [0.1, 0.15) is 5.82 Å². The molecule has 2 amide bonds. The Kier molecular flexibility index (Phi) is 5.96. The lowest BCUT2D eigenvalue weighted by Gasteiger charge is -2.11. The minimum atomic E-state index is -0.334. The number of carbonyl (C=O) groups is 2. The normalized spacial score (nSPS) is 10.6. The molecule has 0 bridgehead atoms. The van der Waals surface area contributed by atoms with Crippen LogP contribution in [0.5, 0.6) is 0 Å². The first-order valence-corrected chi connectivity index (χ1v) is 10.2. The maximum absolute atomic E-state index is 12.7. The first-order valence-electron chi connectivity index (χ1n) is 9.79. The third kappa shape index (κ3) is 4.90. The summed E-state index contributed by atoms with van der Waals surface area (Å²) < 4.78 is 0. The van der Waals surface area contributed by atoms with E-state index in [9.17, 15) is 9.59 Å². The fourth-order valence-electron chi connectivity index (χ4n) is 3.37. The Morgan fingerprint density at radius 2 is 1.74 bits per heavy atom. The van der Waals surface area contributed by atoms with Gasteiger partial charge in [0.05, 0.1) is 17.1 Å². The molecule has 0 saturated carbocycles. The van der Waals surface area contributed by atoms with E-state index < -0.39 is 0 Å². The summed E-state index contributed by atoms with van der Waals surface area (Å²) in [6, 6.07) is 22.2. The standard InChI is InChI=1S/C25H20ClN3O2/c1-16-11-12-27-23(13-16)29-25(31)19-9-10-21(26)22(14-19)28-24(30)15-18-7-4-6-17-5-2-3-8-20(17)18/h2-14H,15H2,1H3,(H,28,30)(H,27,29,31). The van der Waals surface area contributed by atoms with E-state index in [4.69, 9.17) is 11.6 Å². The third-order valence-electron chi connectivity index (χ3n) is 4.89. The summed E-state index contributed by atoms with van der Waals surface area (Å²) in [5, 5.41) is 8.05. The van der Waals surface area contributed by atoms with Crippen LogP contribution in [0.1, 0.15) is 21.5 Å². The zero-order chi connectivity index (χ0) is 21.8. The second-order valence-electron chi connectivity index (χ2n) is 7.23. The average molecular weight is 430 g/mol. The van der Waals surface area contributed by atoms with Crippen molar-refractivity contribution in [3.63, 3.8) is 0 Å². The Labute approximate surface area is 185 Å². The molecule has 0 aliphatic rings. The Bertz CT molecular complexity index is 1280. The number of anilines is 2. The molecule has 2 N–H and O–H groups in total. The van der Waals surface area contributed by atoms with Gasteiger partial charge in [-0.15, -0.1) is 0 Å². The molecule has 0 fully saturated rings. The van der Waals surface area contributed by atoms with Crippen molar-refractivity contribution in [2.75, 3.05) is 10.6 Å². The molecule has 1 heterocycles. The first-order chi connectivity index (χ1) is 15.0. The molecular weight excluding hydrogens is 410 g/mol. The summed E-state index contributed by atoms with van der Waals surface area (Å²) in [5.41, 5.74) is 2.67. The second-order valence-corrected chi connectivity index (χ2v) is 7.64. The summed E-state index contributed by atoms with van der Waals surface area (Å²) in [6.45, 7) is 1.92. The zero-order valence-corrected chi connectivity index (χ0v) is 17.6. The molecule has 0 unspecified atom stereocenters. The number of pyridine rings is 1. The highest BCUT2D eigenvalue weighted by Gasteiger charge is 2.13. The van der Waals surface area contributed by atoms with E-state index in [0.29, 0.717) is 22.1 Å². The number of halogens is 1. The Morgan fingerprint density at radius 1 is 0.935 bits per heavy atom.